The van der Waals surface area contributed by atoms with Crippen LogP contribution in [0.15, 0.2) is 30.3 Å². The standard InChI is InChI=1S/C8H11P.Tb/c9-7-6-8-4-2-1-3-5-8;/h1-5H,6-7,9H2;. The normalized spacial score (nSPS) is 8.50. The van der Waals surface area contributed by atoms with Crippen LogP contribution in [0.3, 0.4) is 0 Å². The van der Waals surface area contributed by atoms with E-state index < -0.39 is 0 Å². The van der Waals surface area contributed by atoms with E-state index in [2.05, 4.69) is 33.5 Å². The second-order valence-electron chi connectivity index (χ2n) is 2.02. The van der Waals surface area contributed by atoms with E-state index in [-0.39, 0.29) is 38.6 Å². The smallest absolute Gasteiger partial charge is 0 e. The van der Waals surface area contributed by atoms with E-state index in [1.807, 2.05) is 6.07 Å². The Bertz CT molecular complexity index is 162. The van der Waals surface area contributed by atoms with Crippen molar-refractivity contribution in [3.63, 3.8) is 0 Å². The summed E-state index contributed by atoms with van der Waals surface area (Å²) < 4.78 is 0. The Hall–Kier alpha value is 0.936. The van der Waals surface area contributed by atoms with Crippen molar-refractivity contribution in [1.82, 2.24) is 0 Å². The summed E-state index contributed by atoms with van der Waals surface area (Å²) >= 11 is 0. The Balaban J connectivity index is 0.000000810. The van der Waals surface area contributed by atoms with Gasteiger partial charge in [-0.25, -0.2) is 0 Å². The van der Waals surface area contributed by atoms with Crippen molar-refractivity contribution >= 4 is 9.24 Å². The van der Waals surface area contributed by atoms with Crippen molar-refractivity contribution in [3.8, 4) is 0 Å². The van der Waals surface area contributed by atoms with E-state index in [0.717, 1.165) is 6.16 Å². The summed E-state index contributed by atoms with van der Waals surface area (Å²) in [7, 11) is 2.73. The van der Waals surface area contributed by atoms with Crippen molar-refractivity contribution < 1.29 is 38.6 Å². The summed E-state index contributed by atoms with van der Waals surface area (Å²) in [6.45, 7) is 0. The van der Waals surface area contributed by atoms with Gasteiger partial charge >= 0.3 is 0 Å². The summed E-state index contributed by atoms with van der Waals surface area (Å²) in [6, 6.07) is 10.5. The topological polar surface area (TPSA) is 0 Å². The average molecular weight is 297 g/mol. The molecule has 0 aliphatic carbocycles. The molecule has 0 heterocycles. The molecule has 0 amide bonds. The minimum atomic E-state index is 0. The number of benzene rings is 1. The zero-order chi connectivity index (χ0) is 6.53. The Labute approximate surface area is 95.4 Å². The van der Waals surface area contributed by atoms with E-state index >= 15 is 0 Å². The fourth-order valence-electron chi connectivity index (χ4n) is 0.811. The molecule has 0 aromatic heterocycles. The first-order valence-corrected chi connectivity index (χ1v) is 3.99. The van der Waals surface area contributed by atoms with Crippen molar-refractivity contribution in [2.24, 2.45) is 0 Å². The van der Waals surface area contributed by atoms with E-state index in [4.69, 9.17) is 0 Å². The Morgan fingerprint density at radius 3 is 2.20 bits per heavy atom. The Morgan fingerprint density at radius 1 is 1.10 bits per heavy atom. The van der Waals surface area contributed by atoms with Crippen LogP contribution in [0.5, 0.6) is 0 Å². The zero-order valence-electron chi connectivity index (χ0n) is 5.71. The molecule has 1 radical (unpaired) electrons. The summed E-state index contributed by atoms with van der Waals surface area (Å²) in [6.07, 6.45) is 2.33. The fourth-order valence-corrected chi connectivity index (χ4v) is 1.14. The number of hydrogen-bond acceptors (Lipinski definition) is 0. The molecule has 2 heteroatoms. The van der Waals surface area contributed by atoms with Crippen molar-refractivity contribution in [2.45, 2.75) is 6.42 Å². The van der Waals surface area contributed by atoms with Gasteiger partial charge in [-0.05, 0) is 18.1 Å². The molecular weight excluding hydrogens is 286 g/mol. The second-order valence-corrected chi connectivity index (χ2v) is 2.60. The van der Waals surface area contributed by atoms with Gasteiger partial charge in [0.2, 0.25) is 0 Å². The van der Waals surface area contributed by atoms with Gasteiger partial charge in [-0.15, -0.1) is 9.24 Å². The van der Waals surface area contributed by atoms with Gasteiger partial charge in [0.05, 0.1) is 0 Å². The third kappa shape index (κ3) is 3.95. The molecule has 1 unspecified atom stereocenters. The Morgan fingerprint density at radius 2 is 1.70 bits per heavy atom. The minimum absolute atomic E-state index is 0. The summed E-state index contributed by atoms with van der Waals surface area (Å²) in [5.41, 5.74) is 1.42. The first-order valence-electron chi connectivity index (χ1n) is 3.17. The molecule has 0 aliphatic rings. The van der Waals surface area contributed by atoms with E-state index in [1.54, 1.807) is 0 Å². The fraction of sp³-hybridized carbons (Fsp3) is 0.250. The zero-order valence-corrected chi connectivity index (χ0v) is 9.01. The molecule has 1 aromatic rings. The molecule has 0 spiro atoms. The summed E-state index contributed by atoms with van der Waals surface area (Å²) in [5, 5.41) is 0. The van der Waals surface area contributed by atoms with Crippen LogP contribution < -0.4 is 0 Å². The average Bonchev–Trinajstić information content (AvgIpc) is 1.91. The molecule has 0 bridgehead atoms. The molecule has 0 saturated heterocycles. The van der Waals surface area contributed by atoms with E-state index in [1.165, 1.54) is 12.0 Å². The van der Waals surface area contributed by atoms with Gasteiger partial charge in [0.25, 0.3) is 0 Å². The van der Waals surface area contributed by atoms with Gasteiger partial charge in [0.1, 0.15) is 0 Å². The number of aryl methyl sites for hydroxylation is 1. The van der Waals surface area contributed by atoms with E-state index in [0.29, 0.717) is 0 Å². The van der Waals surface area contributed by atoms with Crippen LogP contribution >= 0.6 is 9.24 Å². The van der Waals surface area contributed by atoms with Gasteiger partial charge in [-0.1, -0.05) is 30.3 Å². The molecule has 1 atom stereocenters. The summed E-state index contributed by atoms with van der Waals surface area (Å²) in [5.74, 6) is 0. The molecule has 0 saturated carbocycles. The molecule has 0 nitrogen and oxygen atoms in total. The van der Waals surface area contributed by atoms with Gasteiger partial charge in [0.15, 0.2) is 0 Å². The van der Waals surface area contributed by atoms with E-state index in [9.17, 15) is 0 Å². The predicted octanol–water partition coefficient (Wildman–Crippen LogP) is 2.10. The van der Waals surface area contributed by atoms with Crippen molar-refractivity contribution in [1.29, 1.82) is 0 Å². The third-order valence-corrected chi connectivity index (χ3v) is 1.56. The van der Waals surface area contributed by atoms with Gasteiger partial charge < -0.3 is 0 Å². The maximum Gasteiger partial charge on any atom is 0 e. The first kappa shape index (κ1) is 10.9. The van der Waals surface area contributed by atoms with Crippen molar-refractivity contribution in [3.05, 3.63) is 35.9 Å². The van der Waals surface area contributed by atoms with Crippen LogP contribution in [0.1, 0.15) is 5.56 Å². The number of rotatable bonds is 2. The quantitative estimate of drug-likeness (QED) is 0.733. The van der Waals surface area contributed by atoms with Crippen molar-refractivity contribution in [2.75, 3.05) is 6.16 Å². The van der Waals surface area contributed by atoms with Crippen LogP contribution in [0, 0.1) is 38.6 Å². The third-order valence-electron chi connectivity index (χ3n) is 1.28. The predicted molar refractivity (Wildman–Crippen MR) is 44.7 cm³/mol. The SMILES string of the molecule is PCCc1ccccc1.[Tb]. The van der Waals surface area contributed by atoms with Crippen LogP contribution in [0.2, 0.25) is 0 Å². The molecule has 57 valence electrons. The van der Waals surface area contributed by atoms with Gasteiger partial charge in [-0.2, -0.15) is 0 Å². The monoisotopic (exact) mass is 297 g/mol. The molecule has 0 aliphatic heterocycles. The minimum Gasteiger partial charge on any atom is -0.137 e. The maximum absolute atomic E-state index is 2.73. The molecule has 1 aromatic carbocycles. The van der Waals surface area contributed by atoms with Crippen LogP contribution in [0.4, 0.5) is 0 Å². The van der Waals surface area contributed by atoms with Gasteiger partial charge in [0, 0.05) is 38.6 Å². The van der Waals surface area contributed by atoms with Gasteiger partial charge in [-0.3, -0.25) is 0 Å². The van der Waals surface area contributed by atoms with Crippen LogP contribution in [0.25, 0.3) is 0 Å². The first-order chi connectivity index (χ1) is 4.43. The molecule has 10 heavy (non-hydrogen) atoms. The molecular formula is C8H11PTb. The molecule has 0 fully saturated rings. The maximum atomic E-state index is 2.73. The molecule has 0 N–H and O–H groups in total. The Kier molecular flexibility index (Phi) is 7.25. The molecule has 1 rings (SSSR count). The van der Waals surface area contributed by atoms with Crippen LogP contribution in [-0.4, -0.2) is 6.16 Å². The largest absolute Gasteiger partial charge is 0.137 e. The second kappa shape index (κ2) is 6.63. The van der Waals surface area contributed by atoms with Crippen LogP contribution in [-0.2, 0) is 6.42 Å². The number of hydrogen-bond donors (Lipinski definition) is 0. The summed E-state index contributed by atoms with van der Waals surface area (Å²) in [4.78, 5) is 0.